The third-order valence-electron chi connectivity index (χ3n) is 5.34. The molecule has 3 rings (SSSR count). The molecule has 8 nitrogen and oxygen atoms in total. The van der Waals surface area contributed by atoms with E-state index in [1.807, 2.05) is 32.0 Å². The van der Waals surface area contributed by atoms with E-state index in [1.54, 1.807) is 7.11 Å². The van der Waals surface area contributed by atoms with E-state index < -0.39 is 0 Å². The highest BCUT2D eigenvalue weighted by atomic mass is 16.5. The third kappa shape index (κ3) is 5.44. The average Bonchev–Trinajstić information content (AvgIpc) is 2.74. The highest BCUT2D eigenvalue weighted by Gasteiger charge is 2.26. The van der Waals surface area contributed by atoms with Gasteiger partial charge in [-0.2, -0.15) is 0 Å². The number of rotatable bonds is 8. The van der Waals surface area contributed by atoms with Gasteiger partial charge in [-0.15, -0.1) is 0 Å². The lowest BCUT2D eigenvalue weighted by atomic mass is 9.90. The Hall–Kier alpha value is -2.74. The quantitative estimate of drug-likeness (QED) is 0.454. The zero-order valence-electron chi connectivity index (χ0n) is 18.1. The minimum atomic E-state index is -0.273. The first-order chi connectivity index (χ1) is 14.5. The third-order valence-corrected chi connectivity index (χ3v) is 5.34. The van der Waals surface area contributed by atoms with Crippen LogP contribution in [0.2, 0.25) is 0 Å². The van der Waals surface area contributed by atoms with Gasteiger partial charge in [-0.25, -0.2) is 9.97 Å². The van der Waals surface area contributed by atoms with E-state index >= 15 is 0 Å². The second-order valence-corrected chi connectivity index (χ2v) is 7.74. The normalized spacial score (nSPS) is 19.6. The van der Waals surface area contributed by atoms with Crippen LogP contribution in [-0.4, -0.2) is 54.1 Å². The molecule has 1 amide bonds. The van der Waals surface area contributed by atoms with E-state index in [1.165, 1.54) is 0 Å². The number of ether oxygens (including phenoxy) is 1. The molecule has 0 spiro atoms. The van der Waals surface area contributed by atoms with Gasteiger partial charge in [-0.05, 0) is 38.8 Å². The molecular formula is C22H32N6O2. The smallest absolute Gasteiger partial charge is 0.289 e. The number of nitrogens with zero attached hydrogens (tertiary/aromatic N) is 3. The van der Waals surface area contributed by atoms with Crippen LogP contribution in [0, 0.1) is 6.92 Å². The summed E-state index contributed by atoms with van der Waals surface area (Å²) in [5.41, 5.74) is 7.98. The first-order valence-electron chi connectivity index (χ1n) is 10.7. The molecule has 2 atom stereocenters. The number of hydrogen-bond donors (Lipinski definition) is 3. The summed E-state index contributed by atoms with van der Waals surface area (Å²) in [6.07, 6.45) is 4.80. The number of nitrogens with one attached hydrogen (secondary N) is 2. The van der Waals surface area contributed by atoms with E-state index in [-0.39, 0.29) is 23.8 Å². The highest BCUT2D eigenvalue weighted by Crippen LogP contribution is 2.28. The molecule has 2 aromatic rings. The second-order valence-electron chi connectivity index (χ2n) is 7.74. The maximum Gasteiger partial charge on any atom is 0.289 e. The Bertz CT molecular complexity index is 914. The highest BCUT2D eigenvalue weighted by molar-refractivity contribution is 5.96. The van der Waals surface area contributed by atoms with Gasteiger partial charge in [0.1, 0.15) is 5.82 Å². The summed E-state index contributed by atoms with van der Waals surface area (Å²) >= 11 is 0. The number of methoxy groups -OCH3 is 1. The van der Waals surface area contributed by atoms with Gasteiger partial charge >= 0.3 is 0 Å². The van der Waals surface area contributed by atoms with Crippen molar-refractivity contribution >= 4 is 28.5 Å². The number of amides is 1. The molecule has 4 N–H and O–H groups in total. The summed E-state index contributed by atoms with van der Waals surface area (Å²) in [5.74, 6) is 1.19. The number of anilines is 1. The maximum absolute atomic E-state index is 12.4. The Balaban J connectivity index is 1.93. The van der Waals surface area contributed by atoms with Crippen molar-refractivity contribution in [1.29, 1.82) is 0 Å². The molecule has 1 aromatic carbocycles. The molecule has 1 saturated carbocycles. The minimum absolute atomic E-state index is 0.0679. The van der Waals surface area contributed by atoms with Crippen molar-refractivity contribution in [1.82, 2.24) is 15.3 Å². The first-order valence-corrected chi connectivity index (χ1v) is 10.7. The van der Waals surface area contributed by atoms with Gasteiger partial charge in [0.2, 0.25) is 5.82 Å². The lowest BCUT2D eigenvalue weighted by molar-refractivity contribution is 0.0946. The first kappa shape index (κ1) is 22.0. The lowest BCUT2D eigenvalue weighted by Crippen LogP contribution is -2.37. The number of nitrogens with two attached hydrogens (primary N) is 1. The second kappa shape index (κ2) is 10.3. The van der Waals surface area contributed by atoms with Crippen LogP contribution in [0.5, 0.6) is 0 Å². The van der Waals surface area contributed by atoms with Crippen LogP contribution in [0.1, 0.15) is 55.2 Å². The number of carbonyl (C=O) groups excluding carboxylic acids is 1. The van der Waals surface area contributed by atoms with Crippen molar-refractivity contribution in [3.8, 4) is 0 Å². The largest absolute Gasteiger partial charge is 0.387 e. The molecule has 1 aliphatic carbocycles. The number of amidine groups is 1. The predicted octanol–water partition coefficient (Wildman–Crippen LogP) is 2.80. The van der Waals surface area contributed by atoms with E-state index in [9.17, 15) is 4.79 Å². The van der Waals surface area contributed by atoms with Crippen molar-refractivity contribution in [2.45, 2.75) is 58.0 Å². The molecule has 8 heteroatoms. The van der Waals surface area contributed by atoms with Crippen LogP contribution >= 0.6 is 0 Å². The fourth-order valence-corrected chi connectivity index (χ4v) is 3.79. The van der Waals surface area contributed by atoms with Gasteiger partial charge in [0.05, 0.1) is 24.0 Å². The van der Waals surface area contributed by atoms with Crippen molar-refractivity contribution in [2.75, 3.05) is 25.6 Å². The molecule has 1 aliphatic rings. The van der Waals surface area contributed by atoms with Crippen molar-refractivity contribution in [3.05, 3.63) is 29.6 Å². The molecule has 0 radical (unpaired) electrons. The Morgan fingerprint density at radius 2 is 2.10 bits per heavy atom. The predicted molar refractivity (Wildman–Crippen MR) is 120 cm³/mol. The molecule has 162 valence electrons. The Kier molecular flexibility index (Phi) is 7.57. The van der Waals surface area contributed by atoms with Crippen LogP contribution in [0.25, 0.3) is 10.9 Å². The number of aliphatic imine (C=N–C) groups is 1. The molecule has 0 bridgehead atoms. The molecule has 1 aromatic heterocycles. The summed E-state index contributed by atoms with van der Waals surface area (Å²) < 4.78 is 5.11. The topological polar surface area (TPSA) is 115 Å². The van der Waals surface area contributed by atoms with Gasteiger partial charge in [0, 0.05) is 31.5 Å². The fraction of sp³-hybridized carbons (Fsp3) is 0.545. The number of aryl methyl sites for hydroxylation is 1. The molecule has 30 heavy (non-hydrogen) atoms. The SMILES string of the molecule is CCNC(=O)c1nc(N[C@H]2CCCC[C@H]2N=C(N)CCOC)c2cc(C)ccc2n1. The van der Waals surface area contributed by atoms with Crippen LogP contribution < -0.4 is 16.4 Å². The number of benzene rings is 1. The zero-order chi connectivity index (χ0) is 21.5. The summed E-state index contributed by atoms with van der Waals surface area (Å²) in [6.45, 7) is 4.99. The van der Waals surface area contributed by atoms with Crippen molar-refractivity contribution in [2.24, 2.45) is 10.7 Å². The molecule has 0 saturated heterocycles. The molecule has 0 aliphatic heterocycles. The number of carbonyl (C=O) groups is 1. The number of aromatic nitrogens is 2. The van der Waals surface area contributed by atoms with Crippen molar-refractivity contribution < 1.29 is 9.53 Å². The maximum atomic E-state index is 12.4. The summed E-state index contributed by atoms with van der Waals surface area (Å²) in [5, 5.41) is 7.26. The van der Waals surface area contributed by atoms with Gasteiger partial charge in [0.15, 0.2) is 0 Å². The standard InChI is InChI=1S/C22H32N6O2/c1-4-24-22(29)21-26-16-10-9-14(2)13-15(16)20(28-21)27-18-8-6-5-7-17(18)25-19(23)11-12-30-3/h9-10,13,17-18H,4-8,11-12H2,1-3H3,(H2,23,25)(H,24,29)(H,26,27,28)/t17-,18+/m1/s1. The lowest BCUT2D eigenvalue weighted by Gasteiger charge is -2.30. The van der Waals surface area contributed by atoms with Crippen LogP contribution in [-0.2, 0) is 4.74 Å². The van der Waals surface area contributed by atoms with Crippen LogP contribution in [0.4, 0.5) is 5.82 Å². The van der Waals surface area contributed by atoms with E-state index in [0.29, 0.717) is 31.2 Å². The minimum Gasteiger partial charge on any atom is -0.387 e. The Morgan fingerprint density at radius 1 is 1.30 bits per heavy atom. The van der Waals surface area contributed by atoms with Gasteiger partial charge in [0.25, 0.3) is 5.91 Å². The number of hydrogen-bond acceptors (Lipinski definition) is 6. The van der Waals surface area contributed by atoms with Gasteiger partial charge < -0.3 is 21.1 Å². The Labute approximate surface area is 177 Å². The van der Waals surface area contributed by atoms with E-state index in [4.69, 9.17) is 15.5 Å². The molecule has 1 fully saturated rings. The van der Waals surface area contributed by atoms with Crippen LogP contribution in [0.3, 0.4) is 0 Å². The number of fused-ring (bicyclic) bond motifs is 1. The van der Waals surface area contributed by atoms with E-state index in [2.05, 4.69) is 20.6 Å². The summed E-state index contributed by atoms with van der Waals surface area (Å²) in [4.78, 5) is 26.2. The van der Waals surface area contributed by atoms with Crippen molar-refractivity contribution in [3.63, 3.8) is 0 Å². The zero-order valence-corrected chi connectivity index (χ0v) is 18.1. The summed E-state index contributed by atoms with van der Waals surface area (Å²) in [6, 6.07) is 6.14. The van der Waals surface area contributed by atoms with E-state index in [0.717, 1.165) is 42.1 Å². The molecule has 0 unspecified atom stereocenters. The Morgan fingerprint density at radius 3 is 2.87 bits per heavy atom. The van der Waals surface area contributed by atoms with Gasteiger partial charge in [-0.1, -0.05) is 24.5 Å². The summed E-state index contributed by atoms with van der Waals surface area (Å²) in [7, 11) is 1.66. The van der Waals surface area contributed by atoms with Gasteiger partial charge in [-0.3, -0.25) is 9.79 Å². The average molecular weight is 413 g/mol. The molecule has 1 heterocycles. The van der Waals surface area contributed by atoms with Crippen LogP contribution in [0.15, 0.2) is 23.2 Å². The molecular weight excluding hydrogens is 380 g/mol. The fourth-order valence-electron chi connectivity index (χ4n) is 3.79. The monoisotopic (exact) mass is 412 g/mol.